The number of carbonyl (C=O) groups is 3. The molecule has 0 saturated carbocycles. The highest BCUT2D eigenvalue weighted by Crippen LogP contribution is 2.04. The number of rotatable bonds is 3. The monoisotopic (exact) mass is 226 g/mol. The van der Waals surface area contributed by atoms with E-state index in [1.54, 1.807) is 0 Å². The van der Waals surface area contributed by atoms with Gasteiger partial charge in [-0.1, -0.05) is 0 Å². The summed E-state index contributed by atoms with van der Waals surface area (Å²) >= 11 is 0. The number of carbonyl (C=O) groups excluding carboxylic acids is 3. The van der Waals surface area contributed by atoms with E-state index in [4.69, 9.17) is 5.73 Å². The van der Waals surface area contributed by atoms with Crippen LogP contribution < -0.4 is 16.5 Å². The fraction of sp³-hybridized carbons (Fsp3) is 0.556. The third kappa shape index (κ3) is 2.78. The highest BCUT2D eigenvalue weighted by Gasteiger charge is 2.29. The molecule has 0 spiro atoms. The van der Waals surface area contributed by atoms with Gasteiger partial charge in [0.1, 0.15) is 11.3 Å². The minimum atomic E-state index is -1.14. The molecule has 0 fully saturated rings. The quantitative estimate of drug-likeness (QED) is 0.551. The summed E-state index contributed by atoms with van der Waals surface area (Å²) in [7, 11) is 0. The molecule has 0 aromatic heterocycles. The molecule has 0 aliphatic carbocycles. The lowest BCUT2D eigenvalue weighted by Gasteiger charge is -2.23. The Morgan fingerprint density at radius 2 is 2.06 bits per heavy atom. The molecule has 16 heavy (non-hydrogen) atoms. The highest BCUT2D eigenvalue weighted by molar-refractivity contribution is 6.40. The van der Waals surface area contributed by atoms with Gasteiger partial charge in [-0.15, -0.1) is 0 Å². The van der Waals surface area contributed by atoms with Crippen LogP contribution in [-0.2, 0) is 14.4 Å². The Morgan fingerprint density at radius 1 is 1.44 bits per heavy atom. The molecular weight excluding hydrogens is 212 g/mol. The Morgan fingerprint density at radius 3 is 2.50 bits per heavy atom. The Balaban J connectivity index is 2.66. The van der Waals surface area contributed by atoms with Crippen molar-refractivity contribution in [2.75, 3.05) is 0 Å². The number of nitrogens with zero attached hydrogens (tertiary/aromatic N) is 1. The smallest absolute Gasteiger partial charge is 0.268 e. The maximum Gasteiger partial charge on any atom is 0.268 e. The van der Waals surface area contributed by atoms with Crippen LogP contribution in [0.4, 0.5) is 0 Å². The second-order valence-electron chi connectivity index (χ2n) is 4.04. The van der Waals surface area contributed by atoms with Gasteiger partial charge < -0.3 is 11.1 Å². The number of primary amides is 1. The molecule has 88 valence electrons. The van der Waals surface area contributed by atoms with E-state index >= 15 is 0 Å². The van der Waals surface area contributed by atoms with Crippen LogP contribution >= 0.6 is 0 Å². The van der Waals surface area contributed by atoms with Gasteiger partial charge in [0, 0.05) is 12.8 Å². The van der Waals surface area contributed by atoms with E-state index in [1.165, 1.54) is 13.8 Å². The number of nitrogens with one attached hydrogen (secondary N) is 2. The molecule has 0 unspecified atom stereocenters. The minimum Gasteiger partial charge on any atom is -0.368 e. The molecule has 1 rings (SSSR count). The molecule has 0 bridgehead atoms. The van der Waals surface area contributed by atoms with Crippen molar-refractivity contribution in [1.82, 2.24) is 10.7 Å². The predicted molar refractivity (Wildman–Crippen MR) is 56.2 cm³/mol. The molecule has 7 nitrogen and oxygen atoms in total. The molecule has 0 atom stereocenters. The second-order valence-corrected chi connectivity index (χ2v) is 4.04. The summed E-state index contributed by atoms with van der Waals surface area (Å²) in [6, 6.07) is 0. The van der Waals surface area contributed by atoms with Crippen LogP contribution in [0.1, 0.15) is 26.7 Å². The molecule has 0 aromatic carbocycles. The molecule has 1 heterocycles. The highest BCUT2D eigenvalue weighted by atomic mass is 16.2. The van der Waals surface area contributed by atoms with Crippen molar-refractivity contribution in [3.8, 4) is 0 Å². The summed E-state index contributed by atoms with van der Waals surface area (Å²) in [6.45, 7) is 2.99. The number of hydrazone groups is 1. The van der Waals surface area contributed by atoms with Crippen LogP contribution in [0.25, 0.3) is 0 Å². The molecule has 1 aliphatic rings. The topological polar surface area (TPSA) is 114 Å². The van der Waals surface area contributed by atoms with Crippen molar-refractivity contribution in [3.63, 3.8) is 0 Å². The fourth-order valence-electron chi connectivity index (χ4n) is 1.06. The van der Waals surface area contributed by atoms with E-state index in [0.717, 1.165) is 0 Å². The summed E-state index contributed by atoms with van der Waals surface area (Å²) in [5, 5.41) is 6.05. The zero-order valence-corrected chi connectivity index (χ0v) is 9.16. The summed E-state index contributed by atoms with van der Waals surface area (Å²) in [6.07, 6.45) is 0.468. The van der Waals surface area contributed by atoms with Gasteiger partial charge >= 0.3 is 0 Å². The molecule has 0 aromatic rings. The third-order valence-electron chi connectivity index (χ3n) is 2.21. The summed E-state index contributed by atoms with van der Waals surface area (Å²) < 4.78 is 0. The number of hydrogen-bond donors (Lipinski definition) is 3. The molecule has 0 radical (unpaired) electrons. The average Bonchev–Trinajstić information content (AvgIpc) is 2.17. The van der Waals surface area contributed by atoms with Gasteiger partial charge in [-0.2, -0.15) is 5.10 Å². The van der Waals surface area contributed by atoms with E-state index in [-0.39, 0.29) is 24.5 Å². The van der Waals surface area contributed by atoms with Crippen molar-refractivity contribution in [1.29, 1.82) is 0 Å². The molecule has 3 amide bonds. The third-order valence-corrected chi connectivity index (χ3v) is 2.21. The standard InChI is InChI=1S/C9H14N4O3/c1-9(2,8(10)16)11-7(15)5-3-4-6(14)13-12-5/h3-4H2,1-2H3,(H2,10,16)(H,11,15)(H,13,14). The van der Waals surface area contributed by atoms with Crippen molar-refractivity contribution in [2.24, 2.45) is 10.8 Å². The fourth-order valence-corrected chi connectivity index (χ4v) is 1.06. The van der Waals surface area contributed by atoms with Crippen molar-refractivity contribution >= 4 is 23.4 Å². The van der Waals surface area contributed by atoms with Crippen LogP contribution in [0.3, 0.4) is 0 Å². The van der Waals surface area contributed by atoms with Gasteiger partial charge in [-0.3, -0.25) is 14.4 Å². The molecule has 4 N–H and O–H groups in total. The second kappa shape index (κ2) is 4.30. The summed E-state index contributed by atoms with van der Waals surface area (Å²) in [5.41, 5.74) is 6.36. The first kappa shape index (κ1) is 12.2. The Bertz CT molecular complexity index is 373. The lowest BCUT2D eigenvalue weighted by molar-refractivity contribution is -0.127. The molecular formula is C9H14N4O3. The predicted octanol–water partition coefficient (Wildman–Crippen LogP) is -1.37. The van der Waals surface area contributed by atoms with Gasteiger partial charge in [0.15, 0.2) is 0 Å². The van der Waals surface area contributed by atoms with Gasteiger partial charge in [0.2, 0.25) is 11.8 Å². The van der Waals surface area contributed by atoms with Crippen LogP contribution in [0.5, 0.6) is 0 Å². The van der Waals surface area contributed by atoms with Gasteiger partial charge in [-0.05, 0) is 13.8 Å². The van der Waals surface area contributed by atoms with E-state index in [2.05, 4.69) is 15.8 Å². The minimum absolute atomic E-state index is 0.189. The van der Waals surface area contributed by atoms with Crippen molar-refractivity contribution < 1.29 is 14.4 Å². The van der Waals surface area contributed by atoms with Crippen molar-refractivity contribution in [3.05, 3.63) is 0 Å². The molecule has 0 saturated heterocycles. The first-order valence-corrected chi connectivity index (χ1v) is 4.81. The largest absolute Gasteiger partial charge is 0.368 e. The van der Waals surface area contributed by atoms with Crippen LogP contribution in [0, 0.1) is 0 Å². The lowest BCUT2D eigenvalue weighted by Crippen LogP contribution is -2.55. The maximum atomic E-state index is 11.6. The van der Waals surface area contributed by atoms with E-state index in [1.807, 2.05) is 0 Å². The Kier molecular flexibility index (Phi) is 3.26. The van der Waals surface area contributed by atoms with E-state index in [0.29, 0.717) is 0 Å². The molecule has 1 aliphatic heterocycles. The normalized spacial score (nSPS) is 16.1. The zero-order chi connectivity index (χ0) is 12.3. The van der Waals surface area contributed by atoms with Gasteiger partial charge in [-0.25, -0.2) is 5.43 Å². The first-order chi connectivity index (χ1) is 7.33. The van der Waals surface area contributed by atoms with E-state index < -0.39 is 17.4 Å². The summed E-state index contributed by atoms with van der Waals surface area (Å²) in [4.78, 5) is 33.4. The number of amides is 3. The van der Waals surface area contributed by atoms with Gasteiger partial charge in [0.25, 0.3) is 5.91 Å². The summed E-state index contributed by atoms with van der Waals surface area (Å²) in [5.74, 6) is -1.36. The van der Waals surface area contributed by atoms with Crippen LogP contribution in [0.15, 0.2) is 5.10 Å². The lowest BCUT2D eigenvalue weighted by atomic mass is 10.0. The van der Waals surface area contributed by atoms with Crippen LogP contribution in [-0.4, -0.2) is 29.0 Å². The van der Waals surface area contributed by atoms with E-state index in [9.17, 15) is 14.4 Å². The number of nitrogens with two attached hydrogens (primary N) is 1. The Hall–Kier alpha value is -1.92. The Labute approximate surface area is 92.4 Å². The van der Waals surface area contributed by atoms with Crippen molar-refractivity contribution in [2.45, 2.75) is 32.2 Å². The number of hydrogen-bond acceptors (Lipinski definition) is 4. The van der Waals surface area contributed by atoms with Crippen LogP contribution in [0.2, 0.25) is 0 Å². The average molecular weight is 226 g/mol. The maximum absolute atomic E-state index is 11.6. The SMILES string of the molecule is CC(C)(NC(=O)C1=NNC(=O)CC1)C(N)=O. The molecule has 7 heteroatoms. The first-order valence-electron chi connectivity index (χ1n) is 4.81. The zero-order valence-electron chi connectivity index (χ0n) is 9.16. The van der Waals surface area contributed by atoms with Gasteiger partial charge in [0.05, 0.1) is 0 Å².